The molecule has 8 heteroatoms. The fourth-order valence-corrected chi connectivity index (χ4v) is 2.54. The van der Waals surface area contributed by atoms with Gasteiger partial charge in [-0.3, -0.25) is 20.2 Å². The molecule has 7 nitrogen and oxygen atoms in total. The van der Waals surface area contributed by atoms with Crippen molar-refractivity contribution >= 4 is 34.6 Å². The van der Waals surface area contributed by atoms with Crippen molar-refractivity contribution in [2.75, 3.05) is 12.4 Å². The number of amides is 1. The SMILES string of the molecule is COc1ccc([N+](=O)[O-])cc1NC(=S)NC(=O)c1cc(C)cc(C)c1. The number of methoxy groups -OCH3 is 1. The number of hydrogen-bond acceptors (Lipinski definition) is 5. The summed E-state index contributed by atoms with van der Waals surface area (Å²) < 4.78 is 5.14. The van der Waals surface area contributed by atoms with Crippen LogP contribution in [0.15, 0.2) is 36.4 Å². The van der Waals surface area contributed by atoms with E-state index in [0.29, 0.717) is 17.0 Å². The van der Waals surface area contributed by atoms with Crippen LogP contribution in [0.4, 0.5) is 11.4 Å². The second kappa shape index (κ2) is 7.71. The third-order valence-corrected chi connectivity index (χ3v) is 3.56. The average Bonchev–Trinajstić information content (AvgIpc) is 2.53. The number of nitro groups is 1. The van der Waals surface area contributed by atoms with E-state index in [-0.39, 0.29) is 16.7 Å². The topological polar surface area (TPSA) is 93.5 Å². The van der Waals surface area contributed by atoms with Gasteiger partial charge in [-0.2, -0.15) is 0 Å². The second-order valence-electron chi connectivity index (χ2n) is 5.43. The van der Waals surface area contributed by atoms with Crippen LogP contribution < -0.4 is 15.4 Å². The number of nitrogens with zero attached hydrogens (tertiary/aromatic N) is 1. The van der Waals surface area contributed by atoms with Crippen molar-refractivity contribution in [3.63, 3.8) is 0 Å². The molecule has 25 heavy (non-hydrogen) atoms. The van der Waals surface area contributed by atoms with Crippen molar-refractivity contribution in [1.29, 1.82) is 0 Å². The smallest absolute Gasteiger partial charge is 0.271 e. The fraction of sp³-hybridized carbons (Fsp3) is 0.176. The molecule has 0 unspecified atom stereocenters. The van der Waals surface area contributed by atoms with Gasteiger partial charge in [0.2, 0.25) is 0 Å². The van der Waals surface area contributed by atoms with Crippen LogP contribution in [0, 0.1) is 24.0 Å². The summed E-state index contributed by atoms with van der Waals surface area (Å²) in [6.45, 7) is 3.79. The lowest BCUT2D eigenvalue weighted by Gasteiger charge is -2.13. The maximum Gasteiger partial charge on any atom is 0.271 e. The third-order valence-electron chi connectivity index (χ3n) is 3.35. The standard InChI is InChI=1S/C17H17N3O4S/c1-10-6-11(2)8-12(7-10)16(21)19-17(25)18-14-9-13(20(22)23)4-5-15(14)24-3/h4-9H,1-3H3,(H2,18,19,21,25). The lowest BCUT2D eigenvalue weighted by atomic mass is 10.1. The van der Waals surface area contributed by atoms with E-state index in [9.17, 15) is 14.9 Å². The Kier molecular flexibility index (Phi) is 5.66. The van der Waals surface area contributed by atoms with Crippen molar-refractivity contribution in [3.8, 4) is 5.75 Å². The second-order valence-corrected chi connectivity index (χ2v) is 5.83. The minimum atomic E-state index is -0.526. The van der Waals surface area contributed by atoms with Crippen LogP contribution >= 0.6 is 12.2 Å². The zero-order chi connectivity index (χ0) is 18.6. The monoisotopic (exact) mass is 359 g/mol. The van der Waals surface area contributed by atoms with Gasteiger partial charge in [0, 0.05) is 17.7 Å². The molecule has 0 fully saturated rings. The minimum absolute atomic E-state index is 0.0166. The molecule has 130 valence electrons. The first-order chi connectivity index (χ1) is 11.8. The predicted molar refractivity (Wildman–Crippen MR) is 99.3 cm³/mol. The molecule has 0 aliphatic heterocycles. The maximum atomic E-state index is 12.3. The Morgan fingerprint density at radius 3 is 2.36 bits per heavy atom. The molecule has 0 aliphatic rings. The average molecular weight is 359 g/mol. The number of nitrogens with one attached hydrogen (secondary N) is 2. The van der Waals surface area contributed by atoms with Crippen molar-refractivity contribution in [2.45, 2.75) is 13.8 Å². The van der Waals surface area contributed by atoms with Gasteiger partial charge >= 0.3 is 0 Å². The van der Waals surface area contributed by atoms with E-state index in [2.05, 4.69) is 10.6 Å². The molecule has 2 aromatic carbocycles. The van der Waals surface area contributed by atoms with Crippen molar-refractivity contribution in [1.82, 2.24) is 5.32 Å². The van der Waals surface area contributed by atoms with Gasteiger partial charge in [0.05, 0.1) is 17.7 Å². The molecule has 0 atom stereocenters. The van der Waals surface area contributed by atoms with Crippen LogP contribution in [0.5, 0.6) is 5.75 Å². The Bertz CT molecular complexity index is 832. The van der Waals surface area contributed by atoms with Gasteiger partial charge in [-0.1, -0.05) is 17.2 Å². The summed E-state index contributed by atoms with van der Waals surface area (Å²) in [6.07, 6.45) is 0. The summed E-state index contributed by atoms with van der Waals surface area (Å²) in [5.41, 5.74) is 2.58. The summed E-state index contributed by atoms with van der Waals surface area (Å²) in [4.78, 5) is 22.7. The van der Waals surface area contributed by atoms with Gasteiger partial charge < -0.3 is 10.1 Å². The first-order valence-electron chi connectivity index (χ1n) is 7.33. The Labute approximate surface area is 150 Å². The van der Waals surface area contributed by atoms with Gasteiger partial charge in [0.25, 0.3) is 11.6 Å². The molecule has 2 rings (SSSR count). The number of non-ortho nitro benzene ring substituents is 1. The Balaban J connectivity index is 2.15. The number of anilines is 1. The molecule has 2 N–H and O–H groups in total. The lowest BCUT2D eigenvalue weighted by Crippen LogP contribution is -2.34. The molecule has 0 spiro atoms. The lowest BCUT2D eigenvalue weighted by molar-refractivity contribution is -0.384. The Morgan fingerprint density at radius 1 is 1.16 bits per heavy atom. The molecule has 1 amide bonds. The Hall–Kier alpha value is -3.00. The summed E-state index contributed by atoms with van der Waals surface area (Å²) in [6, 6.07) is 9.52. The summed E-state index contributed by atoms with van der Waals surface area (Å²) in [7, 11) is 1.43. The molecule has 0 radical (unpaired) electrons. The van der Waals surface area contributed by atoms with Gasteiger partial charge in [0.1, 0.15) is 5.75 Å². The first kappa shape index (κ1) is 18.3. The minimum Gasteiger partial charge on any atom is -0.495 e. The highest BCUT2D eigenvalue weighted by Gasteiger charge is 2.14. The molecule has 0 heterocycles. The summed E-state index contributed by atoms with van der Waals surface area (Å²) >= 11 is 5.13. The third kappa shape index (κ3) is 4.74. The van der Waals surface area contributed by atoms with Crippen LogP contribution in [0.3, 0.4) is 0 Å². The van der Waals surface area contributed by atoms with E-state index >= 15 is 0 Å². The number of rotatable bonds is 4. The van der Waals surface area contributed by atoms with Gasteiger partial charge in [0.15, 0.2) is 5.11 Å². The number of ether oxygens (including phenoxy) is 1. The number of nitro benzene ring substituents is 1. The van der Waals surface area contributed by atoms with Crippen LogP contribution in [-0.4, -0.2) is 23.1 Å². The highest BCUT2D eigenvalue weighted by molar-refractivity contribution is 7.80. The number of carbonyl (C=O) groups excluding carboxylic acids is 1. The zero-order valence-electron chi connectivity index (χ0n) is 14.0. The highest BCUT2D eigenvalue weighted by Crippen LogP contribution is 2.28. The molecular weight excluding hydrogens is 342 g/mol. The number of carbonyl (C=O) groups is 1. The summed E-state index contributed by atoms with van der Waals surface area (Å²) in [5.74, 6) is 0.00213. The molecule has 2 aromatic rings. The number of thiocarbonyl (C=S) groups is 1. The van der Waals surface area contributed by atoms with E-state index in [4.69, 9.17) is 17.0 Å². The van der Waals surface area contributed by atoms with Crippen molar-refractivity contribution < 1.29 is 14.5 Å². The van der Waals surface area contributed by atoms with Crippen LogP contribution in [0.1, 0.15) is 21.5 Å². The number of aryl methyl sites for hydroxylation is 2. The van der Waals surface area contributed by atoms with Gasteiger partial charge in [-0.25, -0.2) is 0 Å². The molecule has 0 bridgehead atoms. The van der Waals surface area contributed by atoms with E-state index in [1.807, 2.05) is 19.9 Å². The van der Waals surface area contributed by atoms with Crippen LogP contribution in [0.25, 0.3) is 0 Å². The van der Waals surface area contributed by atoms with Crippen molar-refractivity contribution in [3.05, 3.63) is 63.2 Å². The van der Waals surface area contributed by atoms with Gasteiger partial charge in [-0.05, 0) is 44.3 Å². The largest absolute Gasteiger partial charge is 0.495 e. The molecule has 0 aliphatic carbocycles. The molecular formula is C17H17N3O4S. The molecule has 0 aromatic heterocycles. The fourth-order valence-electron chi connectivity index (χ4n) is 2.34. The van der Waals surface area contributed by atoms with Gasteiger partial charge in [-0.15, -0.1) is 0 Å². The quantitative estimate of drug-likeness (QED) is 0.494. The predicted octanol–water partition coefficient (Wildman–Crippen LogP) is 3.35. The molecule has 0 saturated carbocycles. The maximum absolute atomic E-state index is 12.3. The Morgan fingerprint density at radius 2 is 1.80 bits per heavy atom. The van der Waals surface area contributed by atoms with Crippen molar-refractivity contribution in [2.24, 2.45) is 0 Å². The first-order valence-corrected chi connectivity index (χ1v) is 7.74. The zero-order valence-corrected chi connectivity index (χ0v) is 14.8. The number of benzene rings is 2. The van der Waals surface area contributed by atoms with E-state index in [1.54, 1.807) is 12.1 Å². The summed E-state index contributed by atoms with van der Waals surface area (Å²) in [5, 5.41) is 16.2. The van der Waals surface area contributed by atoms with E-state index in [0.717, 1.165) is 11.1 Å². The van der Waals surface area contributed by atoms with E-state index in [1.165, 1.54) is 25.3 Å². The van der Waals surface area contributed by atoms with E-state index < -0.39 is 4.92 Å². The normalized spacial score (nSPS) is 10.0. The van der Waals surface area contributed by atoms with Crippen LogP contribution in [0.2, 0.25) is 0 Å². The molecule has 0 saturated heterocycles. The number of hydrogen-bond donors (Lipinski definition) is 2. The van der Waals surface area contributed by atoms with Crippen LogP contribution in [-0.2, 0) is 0 Å². The highest BCUT2D eigenvalue weighted by atomic mass is 32.1.